The number of carbonyl (C=O) groups is 2. The number of hydrogen-bond donors (Lipinski definition) is 3. The second-order valence-corrected chi connectivity index (χ2v) is 4.49. The lowest BCUT2D eigenvalue weighted by Gasteiger charge is -2.07. The lowest BCUT2D eigenvalue weighted by atomic mass is 10.1. The minimum Gasteiger partial charge on any atom is -0.351 e. The summed E-state index contributed by atoms with van der Waals surface area (Å²) in [4.78, 5) is 22.5. The lowest BCUT2D eigenvalue weighted by molar-refractivity contribution is 0.0946. The van der Waals surface area contributed by atoms with Gasteiger partial charge in [-0.2, -0.15) is 0 Å². The fraction of sp³-hybridized carbons (Fsp3) is 0.0667. The Kier molecular flexibility index (Phi) is 4.67. The first kappa shape index (κ1) is 15.4. The van der Waals surface area contributed by atoms with Gasteiger partial charge < -0.3 is 16.4 Å². The van der Waals surface area contributed by atoms with Crippen molar-refractivity contribution in [3.8, 4) is 0 Å². The third-order valence-corrected chi connectivity index (χ3v) is 2.85. The molecule has 0 saturated heterocycles. The molecule has 2 rings (SSSR count). The predicted octanol–water partition coefficient (Wildman–Crippen LogP) is 2.39. The van der Waals surface area contributed by atoms with Crippen LogP contribution in [0, 0.1) is 11.6 Å². The van der Waals surface area contributed by atoms with E-state index in [2.05, 4.69) is 10.6 Å². The maximum Gasteiger partial charge on any atom is 0.316 e. The average molecular weight is 305 g/mol. The van der Waals surface area contributed by atoms with Gasteiger partial charge in [-0.3, -0.25) is 4.79 Å². The third kappa shape index (κ3) is 4.02. The number of primary amides is 1. The number of hydrogen-bond acceptors (Lipinski definition) is 2. The Morgan fingerprint density at radius 2 is 1.73 bits per heavy atom. The van der Waals surface area contributed by atoms with Crippen LogP contribution < -0.4 is 16.4 Å². The van der Waals surface area contributed by atoms with Crippen molar-refractivity contribution in [2.75, 3.05) is 5.32 Å². The van der Waals surface area contributed by atoms with Gasteiger partial charge in [-0.1, -0.05) is 12.1 Å². The highest BCUT2D eigenvalue weighted by molar-refractivity contribution is 5.94. The molecule has 2 aromatic rings. The minimum absolute atomic E-state index is 0.159. The zero-order valence-electron chi connectivity index (χ0n) is 11.4. The van der Waals surface area contributed by atoms with Crippen molar-refractivity contribution in [1.82, 2.24) is 5.32 Å². The minimum atomic E-state index is -0.918. The molecule has 4 N–H and O–H groups in total. The van der Waals surface area contributed by atoms with Crippen LogP contribution in [0.2, 0.25) is 0 Å². The van der Waals surface area contributed by atoms with Gasteiger partial charge in [0.25, 0.3) is 5.91 Å². The van der Waals surface area contributed by atoms with Crippen LogP contribution in [0.4, 0.5) is 19.3 Å². The molecule has 0 unspecified atom stereocenters. The Bertz CT molecular complexity index is 702. The van der Waals surface area contributed by atoms with E-state index in [-0.39, 0.29) is 12.1 Å². The van der Waals surface area contributed by atoms with E-state index in [1.807, 2.05) is 0 Å². The zero-order chi connectivity index (χ0) is 16.1. The van der Waals surface area contributed by atoms with Crippen molar-refractivity contribution in [1.29, 1.82) is 0 Å². The molecule has 5 nitrogen and oxygen atoms in total. The van der Waals surface area contributed by atoms with E-state index in [1.54, 1.807) is 24.3 Å². The average Bonchev–Trinajstić information content (AvgIpc) is 2.45. The molecule has 2 aromatic carbocycles. The molecule has 0 fully saturated rings. The second-order valence-electron chi connectivity index (χ2n) is 4.49. The molecule has 0 aromatic heterocycles. The SMILES string of the molecule is NC(=O)Nc1ccc(CNC(=O)c2ccc(F)cc2F)cc1. The highest BCUT2D eigenvalue weighted by Crippen LogP contribution is 2.11. The van der Waals surface area contributed by atoms with E-state index in [0.29, 0.717) is 11.8 Å². The van der Waals surface area contributed by atoms with Crippen molar-refractivity contribution >= 4 is 17.6 Å². The van der Waals surface area contributed by atoms with E-state index in [0.717, 1.165) is 17.7 Å². The Hall–Kier alpha value is -2.96. The normalized spacial score (nSPS) is 10.1. The standard InChI is InChI=1S/C15H13F2N3O2/c16-10-3-6-12(13(17)7-10)14(21)19-8-9-1-4-11(5-2-9)20-15(18)22/h1-7H,8H2,(H,19,21)(H3,18,20,22). The molecular formula is C15H13F2N3O2. The number of nitrogens with two attached hydrogens (primary N) is 1. The molecule has 114 valence electrons. The molecular weight excluding hydrogens is 292 g/mol. The highest BCUT2D eigenvalue weighted by Gasteiger charge is 2.12. The second kappa shape index (κ2) is 6.66. The number of anilines is 1. The van der Waals surface area contributed by atoms with Gasteiger partial charge in [0.05, 0.1) is 5.56 Å². The number of urea groups is 1. The van der Waals surface area contributed by atoms with Gasteiger partial charge in [0.15, 0.2) is 0 Å². The molecule has 0 spiro atoms. The number of halogens is 2. The molecule has 0 heterocycles. The Balaban J connectivity index is 1.97. The fourth-order valence-corrected chi connectivity index (χ4v) is 1.80. The summed E-state index contributed by atoms with van der Waals surface area (Å²) in [6, 6.07) is 8.66. The van der Waals surface area contributed by atoms with Crippen LogP contribution in [-0.4, -0.2) is 11.9 Å². The molecule has 0 bridgehead atoms. The number of benzene rings is 2. The van der Waals surface area contributed by atoms with Crippen molar-refractivity contribution in [2.24, 2.45) is 5.73 Å². The number of rotatable bonds is 4. The molecule has 0 aliphatic rings. The summed E-state index contributed by atoms with van der Waals surface area (Å²) in [6.45, 7) is 0.159. The van der Waals surface area contributed by atoms with Gasteiger partial charge >= 0.3 is 6.03 Å². The van der Waals surface area contributed by atoms with E-state index in [4.69, 9.17) is 5.73 Å². The first-order chi connectivity index (χ1) is 10.5. The van der Waals surface area contributed by atoms with Crippen LogP contribution in [0.15, 0.2) is 42.5 Å². The van der Waals surface area contributed by atoms with Crippen molar-refractivity contribution in [3.63, 3.8) is 0 Å². The number of nitrogens with one attached hydrogen (secondary N) is 2. The maximum atomic E-state index is 13.4. The first-order valence-electron chi connectivity index (χ1n) is 6.34. The number of carbonyl (C=O) groups excluding carboxylic acids is 2. The van der Waals surface area contributed by atoms with Crippen LogP contribution in [0.1, 0.15) is 15.9 Å². The fourth-order valence-electron chi connectivity index (χ4n) is 1.80. The predicted molar refractivity (Wildman–Crippen MR) is 77.2 cm³/mol. The van der Waals surface area contributed by atoms with Gasteiger partial charge in [-0.05, 0) is 29.8 Å². The Morgan fingerprint density at radius 1 is 1.05 bits per heavy atom. The van der Waals surface area contributed by atoms with Crippen LogP contribution in [0.3, 0.4) is 0 Å². The van der Waals surface area contributed by atoms with Crippen molar-refractivity contribution < 1.29 is 18.4 Å². The topological polar surface area (TPSA) is 84.2 Å². The summed E-state index contributed by atoms with van der Waals surface area (Å²) in [5, 5.41) is 4.92. The third-order valence-electron chi connectivity index (χ3n) is 2.85. The van der Waals surface area contributed by atoms with Gasteiger partial charge in [0.1, 0.15) is 11.6 Å². The molecule has 3 amide bonds. The summed E-state index contributed by atoms with van der Waals surface area (Å²) in [7, 11) is 0. The van der Waals surface area contributed by atoms with E-state index in [9.17, 15) is 18.4 Å². The Morgan fingerprint density at radius 3 is 2.32 bits per heavy atom. The quantitative estimate of drug-likeness (QED) is 0.810. The van der Waals surface area contributed by atoms with Gasteiger partial charge in [0, 0.05) is 18.3 Å². The molecule has 7 heteroatoms. The molecule has 0 aliphatic carbocycles. The van der Waals surface area contributed by atoms with E-state index in [1.165, 1.54) is 0 Å². The van der Waals surface area contributed by atoms with Crippen LogP contribution in [0.5, 0.6) is 0 Å². The molecule has 0 aliphatic heterocycles. The van der Waals surface area contributed by atoms with Crippen LogP contribution >= 0.6 is 0 Å². The monoisotopic (exact) mass is 305 g/mol. The maximum absolute atomic E-state index is 13.4. The molecule has 22 heavy (non-hydrogen) atoms. The first-order valence-corrected chi connectivity index (χ1v) is 6.34. The van der Waals surface area contributed by atoms with Gasteiger partial charge in [-0.25, -0.2) is 13.6 Å². The summed E-state index contributed by atoms with van der Waals surface area (Å²) < 4.78 is 26.2. The summed E-state index contributed by atoms with van der Waals surface area (Å²) in [5.41, 5.74) is 6.01. The van der Waals surface area contributed by atoms with E-state index < -0.39 is 23.6 Å². The van der Waals surface area contributed by atoms with Gasteiger partial charge in [0.2, 0.25) is 0 Å². The zero-order valence-corrected chi connectivity index (χ0v) is 11.4. The highest BCUT2D eigenvalue weighted by atomic mass is 19.1. The smallest absolute Gasteiger partial charge is 0.316 e. The summed E-state index contributed by atoms with van der Waals surface area (Å²) in [5.74, 6) is -2.30. The van der Waals surface area contributed by atoms with E-state index >= 15 is 0 Å². The van der Waals surface area contributed by atoms with Crippen molar-refractivity contribution in [2.45, 2.75) is 6.54 Å². The summed E-state index contributed by atoms with van der Waals surface area (Å²) >= 11 is 0. The summed E-state index contributed by atoms with van der Waals surface area (Å²) in [6.07, 6.45) is 0. The molecule has 0 radical (unpaired) electrons. The lowest BCUT2D eigenvalue weighted by Crippen LogP contribution is -2.24. The molecule has 0 saturated carbocycles. The molecule has 0 atom stereocenters. The number of amides is 3. The van der Waals surface area contributed by atoms with Crippen molar-refractivity contribution in [3.05, 3.63) is 65.2 Å². The largest absolute Gasteiger partial charge is 0.351 e. The van der Waals surface area contributed by atoms with Gasteiger partial charge in [-0.15, -0.1) is 0 Å². The Labute approximate surface area is 125 Å². The van der Waals surface area contributed by atoms with Crippen LogP contribution in [-0.2, 0) is 6.54 Å². The van der Waals surface area contributed by atoms with Crippen LogP contribution in [0.25, 0.3) is 0 Å².